The van der Waals surface area contributed by atoms with Crippen LogP contribution in [-0.2, 0) is 65.4 Å². The molecule has 5 atom stereocenters. The number of phosphoric acid groups is 2. The highest BCUT2D eigenvalue weighted by atomic mass is 31.2. The Morgan fingerprint density at radius 1 is 0.233 bits per heavy atom. The Labute approximate surface area is 632 Å². The van der Waals surface area contributed by atoms with Crippen LogP contribution in [0.5, 0.6) is 0 Å². The Balaban J connectivity index is 5.15. The topological polar surface area (TPSA) is 237 Å². The number of hydrogen-bond acceptors (Lipinski definition) is 15. The van der Waals surface area contributed by atoms with Gasteiger partial charge >= 0.3 is 39.5 Å². The Morgan fingerprint density at radius 3 is 0.573 bits per heavy atom. The van der Waals surface area contributed by atoms with Gasteiger partial charge in [0.25, 0.3) is 0 Å². The number of ether oxygens (including phenoxy) is 4. The van der Waals surface area contributed by atoms with Gasteiger partial charge in [0.2, 0.25) is 0 Å². The molecule has 0 radical (unpaired) electrons. The van der Waals surface area contributed by atoms with Crippen molar-refractivity contribution >= 4 is 39.5 Å². The Kier molecular flexibility index (Phi) is 76.7. The van der Waals surface area contributed by atoms with Gasteiger partial charge in [-0.25, -0.2) is 9.13 Å². The van der Waals surface area contributed by atoms with Gasteiger partial charge < -0.3 is 33.8 Å². The minimum absolute atomic E-state index is 0.109. The van der Waals surface area contributed by atoms with Crippen molar-refractivity contribution in [1.82, 2.24) is 0 Å². The largest absolute Gasteiger partial charge is 0.472 e. The van der Waals surface area contributed by atoms with Crippen LogP contribution < -0.4 is 0 Å². The van der Waals surface area contributed by atoms with Crippen molar-refractivity contribution in [1.29, 1.82) is 0 Å². The van der Waals surface area contributed by atoms with Crippen molar-refractivity contribution in [3.63, 3.8) is 0 Å². The molecule has 0 heterocycles. The van der Waals surface area contributed by atoms with Crippen molar-refractivity contribution in [3.8, 4) is 0 Å². The van der Waals surface area contributed by atoms with Crippen LogP contribution in [0, 0.1) is 0 Å². The molecule has 0 aromatic heterocycles. The second-order valence-electron chi connectivity index (χ2n) is 30.2. The highest BCUT2D eigenvalue weighted by Crippen LogP contribution is 2.45. The van der Waals surface area contributed by atoms with Crippen LogP contribution >= 0.6 is 15.6 Å². The predicted molar refractivity (Wildman–Crippen MR) is 423 cm³/mol. The third-order valence-corrected chi connectivity index (χ3v) is 21.8. The molecule has 0 saturated heterocycles. The van der Waals surface area contributed by atoms with Crippen LogP contribution in [0.4, 0.5) is 0 Å². The molecule has 0 spiro atoms. The number of aliphatic hydroxyl groups excluding tert-OH is 1. The normalized spacial score (nSPS) is 13.7. The quantitative estimate of drug-likeness (QED) is 0.0222. The zero-order valence-corrected chi connectivity index (χ0v) is 69.1. The summed E-state index contributed by atoms with van der Waals surface area (Å²) in [5, 5.41) is 10.6. The van der Waals surface area contributed by atoms with Crippen LogP contribution in [-0.4, -0.2) is 96.7 Å². The summed E-state index contributed by atoms with van der Waals surface area (Å²) >= 11 is 0. The van der Waals surface area contributed by atoms with E-state index in [4.69, 9.17) is 37.0 Å². The third-order valence-electron chi connectivity index (χ3n) is 19.9. The van der Waals surface area contributed by atoms with E-state index in [0.29, 0.717) is 25.7 Å². The van der Waals surface area contributed by atoms with E-state index in [0.717, 1.165) is 103 Å². The first kappa shape index (κ1) is 101. The van der Waals surface area contributed by atoms with E-state index < -0.39 is 97.5 Å². The molecule has 612 valence electrons. The number of rotatable bonds is 85. The highest BCUT2D eigenvalue weighted by molar-refractivity contribution is 7.47. The molecule has 0 aliphatic heterocycles. The lowest BCUT2D eigenvalue weighted by atomic mass is 10.0. The Hall–Kier alpha value is -1.94. The number of aliphatic hydroxyl groups is 1. The number of carbonyl (C=O) groups excluding carboxylic acids is 4. The summed E-state index contributed by atoms with van der Waals surface area (Å²) < 4.78 is 68.7. The zero-order chi connectivity index (χ0) is 75.3. The average molecular weight is 1510 g/mol. The van der Waals surface area contributed by atoms with Gasteiger partial charge in [-0.1, -0.05) is 407 Å². The molecule has 0 bridgehead atoms. The minimum Gasteiger partial charge on any atom is -0.462 e. The first-order valence-corrected chi connectivity index (χ1v) is 46.8. The van der Waals surface area contributed by atoms with Crippen LogP contribution in [0.15, 0.2) is 0 Å². The monoisotopic (exact) mass is 1510 g/mol. The second kappa shape index (κ2) is 78.2. The molecule has 2 unspecified atom stereocenters. The predicted octanol–water partition coefficient (Wildman–Crippen LogP) is 25.7. The fourth-order valence-electron chi connectivity index (χ4n) is 13.2. The van der Waals surface area contributed by atoms with Crippen molar-refractivity contribution < 1.29 is 80.2 Å². The molecule has 19 heteroatoms. The van der Waals surface area contributed by atoms with Crippen LogP contribution in [0.25, 0.3) is 0 Å². The molecule has 0 aliphatic carbocycles. The van der Waals surface area contributed by atoms with Gasteiger partial charge in [0.05, 0.1) is 26.4 Å². The van der Waals surface area contributed by atoms with Gasteiger partial charge in [-0.2, -0.15) is 0 Å². The van der Waals surface area contributed by atoms with Gasteiger partial charge in [-0.3, -0.25) is 37.3 Å². The molecule has 0 amide bonds. The van der Waals surface area contributed by atoms with Gasteiger partial charge in [-0.15, -0.1) is 0 Å². The van der Waals surface area contributed by atoms with Crippen molar-refractivity contribution in [2.75, 3.05) is 39.6 Å². The van der Waals surface area contributed by atoms with Gasteiger partial charge in [0.15, 0.2) is 12.2 Å². The molecule has 17 nitrogen and oxygen atoms in total. The second-order valence-corrected chi connectivity index (χ2v) is 33.1. The SMILES string of the molecule is CCCCCCCCCCCCCCCCCCCCCCCCC(=O)O[C@H](COC(=O)CCCCCCCCCCCCCCCCCCC)COP(=O)(O)OC[C@@H](O)COP(=O)(O)OC[C@@H](COC(=O)CCCCCCCCC)OC(=O)CCCCCCCCCCCCCCCCCCC. The smallest absolute Gasteiger partial charge is 0.462 e. The number of unbranched alkanes of at least 4 members (excludes halogenated alkanes) is 59. The summed E-state index contributed by atoms with van der Waals surface area (Å²) in [4.78, 5) is 73.0. The first-order chi connectivity index (χ1) is 50.2. The Bertz CT molecular complexity index is 1950. The van der Waals surface area contributed by atoms with Crippen molar-refractivity contribution in [2.24, 2.45) is 0 Å². The molecule has 0 aromatic rings. The number of esters is 4. The maximum Gasteiger partial charge on any atom is 0.472 e. The fraction of sp³-hybridized carbons (Fsp3) is 0.952. The number of hydrogen-bond donors (Lipinski definition) is 3. The lowest BCUT2D eigenvalue weighted by molar-refractivity contribution is -0.161. The summed E-state index contributed by atoms with van der Waals surface area (Å²) in [6, 6.07) is 0. The molecule has 0 rings (SSSR count). The van der Waals surface area contributed by atoms with E-state index in [-0.39, 0.29) is 25.7 Å². The van der Waals surface area contributed by atoms with Crippen LogP contribution in [0.3, 0.4) is 0 Å². The van der Waals surface area contributed by atoms with Gasteiger partial charge in [-0.05, 0) is 25.7 Å². The molecular weight excluding hydrogens is 1340 g/mol. The molecule has 0 aliphatic rings. The molecule has 3 N–H and O–H groups in total. The lowest BCUT2D eigenvalue weighted by Crippen LogP contribution is -2.30. The minimum atomic E-state index is -4.96. The highest BCUT2D eigenvalue weighted by Gasteiger charge is 2.30. The summed E-state index contributed by atoms with van der Waals surface area (Å²) in [6.07, 6.45) is 72.5. The van der Waals surface area contributed by atoms with E-state index in [2.05, 4.69) is 27.7 Å². The maximum absolute atomic E-state index is 13.1. The van der Waals surface area contributed by atoms with Gasteiger partial charge in [0.1, 0.15) is 19.3 Å². The van der Waals surface area contributed by atoms with E-state index in [1.807, 2.05) is 0 Å². The van der Waals surface area contributed by atoms with Gasteiger partial charge in [0, 0.05) is 25.7 Å². The number of carbonyl (C=O) groups is 4. The van der Waals surface area contributed by atoms with Crippen LogP contribution in [0.2, 0.25) is 0 Å². The standard InChI is InChI=1S/C84H164O17P2/c1-5-9-13-17-21-24-27-30-33-36-37-38-39-40-43-46-49-52-55-59-63-67-71-84(89)101-80(75-95-82(87)69-65-61-57-53-50-47-44-41-34-31-28-25-22-18-14-10-6-2)77-99-103(92,93)97-73-78(85)72-96-102(90,91)98-76-79(74-94-81(86)68-64-60-56-20-16-12-8-4)100-83(88)70-66-62-58-54-51-48-45-42-35-32-29-26-23-19-15-11-7-3/h78-80,85H,5-77H2,1-4H3,(H,90,91)(H,92,93)/t78-,79+,80+/m0/s1. The Morgan fingerprint density at radius 2 is 0.388 bits per heavy atom. The molecular formula is C84H164O17P2. The zero-order valence-electron chi connectivity index (χ0n) is 67.3. The summed E-state index contributed by atoms with van der Waals surface area (Å²) in [6.45, 7) is 5.00. The van der Waals surface area contributed by atoms with Crippen LogP contribution in [0.1, 0.15) is 458 Å². The van der Waals surface area contributed by atoms with E-state index in [1.54, 1.807) is 0 Å². The lowest BCUT2D eigenvalue weighted by Gasteiger charge is -2.21. The van der Waals surface area contributed by atoms with E-state index in [1.165, 1.54) is 276 Å². The molecule has 103 heavy (non-hydrogen) atoms. The summed E-state index contributed by atoms with van der Waals surface area (Å²) in [7, 11) is -9.92. The summed E-state index contributed by atoms with van der Waals surface area (Å²) in [5.74, 6) is -2.11. The number of phosphoric ester groups is 2. The maximum atomic E-state index is 13.1. The average Bonchev–Trinajstić information content (AvgIpc) is 0.910. The fourth-order valence-corrected chi connectivity index (χ4v) is 14.7. The first-order valence-electron chi connectivity index (χ1n) is 43.8. The molecule has 0 saturated carbocycles. The van der Waals surface area contributed by atoms with E-state index >= 15 is 0 Å². The van der Waals surface area contributed by atoms with Crippen molar-refractivity contribution in [3.05, 3.63) is 0 Å². The molecule has 0 aromatic carbocycles. The molecule has 0 fully saturated rings. The third kappa shape index (κ3) is 78.0. The van der Waals surface area contributed by atoms with Crippen molar-refractivity contribution in [2.45, 2.75) is 476 Å². The summed E-state index contributed by atoms with van der Waals surface area (Å²) in [5.41, 5.74) is 0. The van der Waals surface area contributed by atoms with E-state index in [9.17, 15) is 43.2 Å².